The van der Waals surface area contributed by atoms with E-state index >= 15 is 0 Å². The number of amides is 1. The molecular weight excluding hydrogens is 348 g/mol. The third-order valence-corrected chi connectivity index (χ3v) is 4.34. The van der Waals surface area contributed by atoms with Gasteiger partial charge in [-0.2, -0.15) is 0 Å². The van der Waals surface area contributed by atoms with Crippen molar-refractivity contribution >= 4 is 39.2 Å². The van der Waals surface area contributed by atoms with Gasteiger partial charge in [0.2, 0.25) is 5.91 Å². The maximum absolute atomic E-state index is 11.9. The van der Waals surface area contributed by atoms with E-state index in [4.69, 9.17) is 4.42 Å². The standard InChI is InChI=1S/C15H14N4O5S/c1-9-8-16-14(25-9)17-13(20)3-2-6-18-11-5-4-10(19(22)23)7-12(11)24-15(18)21/h4-5,7-8H,2-3,6H2,1H3,(H,16,17,20). The van der Waals surface area contributed by atoms with Gasteiger partial charge in [-0.1, -0.05) is 0 Å². The number of nitro groups is 1. The first-order valence-corrected chi connectivity index (χ1v) is 8.26. The van der Waals surface area contributed by atoms with Crippen LogP contribution in [0.15, 0.2) is 33.6 Å². The molecule has 2 aromatic heterocycles. The van der Waals surface area contributed by atoms with Gasteiger partial charge in [-0.15, -0.1) is 11.3 Å². The lowest BCUT2D eigenvalue weighted by Crippen LogP contribution is -2.17. The van der Waals surface area contributed by atoms with Gasteiger partial charge < -0.3 is 9.73 Å². The van der Waals surface area contributed by atoms with Gasteiger partial charge in [-0.05, 0) is 19.4 Å². The van der Waals surface area contributed by atoms with Crippen LogP contribution < -0.4 is 11.1 Å². The Hall–Kier alpha value is -3.01. The molecule has 0 radical (unpaired) electrons. The van der Waals surface area contributed by atoms with Crippen LogP contribution >= 0.6 is 11.3 Å². The number of hydrogen-bond acceptors (Lipinski definition) is 7. The second-order valence-corrected chi connectivity index (χ2v) is 6.59. The van der Waals surface area contributed by atoms with E-state index in [2.05, 4.69) is 10.3 Å². The molecule has 0 aliphatic heterocycles. The highest BCUT2D eigenvalue weighted by atomic mass is 32.1. The summed E-state index contributed by atoms with van der Waals surface area (Å²) in [5.74, 6) is -0.794. The first-order chi connectivity index (χ1) is 11.9. The molecule has 0 saturated carbocycles. The number of rotatable bonds is 6. The van der Waals surface area contributed by atoms with Crippen molar-refractivity contribution in [3.63, 3.8) is 0 Å². The largest absolute Gasteiger partial charge is 0.419 e. The molecule has 25 heavy (non-hydrogen) atoms. The topological polar surface area (TPSA) is 120 Å². The zero-order valence-corrected chi connectivity index (χ0v) is 14.0. The molecule has 3 rings (SSSR count). The van der Waals surface area contributed by atoms with Gasteiger partial charge in [-0.25, -0.2) is 9.78 Å². The van der Waals surface area contributed by atoms with E-state index in [9.17, 15) is 19.7 Å². The van der Waals surface area contributed by atoms with Crippen LogP contribution in [-0.2, 0) is 11.3 Å². The summed E-state index contributed by atoms with van der Waals surface area (Å²) in [6.07, 6.45) is 2.31. The van der Waals surface area contributed by atoms with Gasteiger partial charge in [0.1, 0.15) is 0 Å². The highest BCUT2D eigenvalue weighted by molar-refractivity contribution is 7.15. The first-order valence-electron chi connectivity index (χ1n) is 7.44. The molecule has 0 unspecified atom stereocenters. The minimum Gasteiger partial charge on any atom is -0.407 e. The van der Waals surface area contributed by atoms with Gasteiger partial charge in [0, 0.05) is 30.1 Å². The molecule has 1 N–H and O–H groups in total. The van der Waals surface area contributed by atoms with E-state index in [1.807, 2.05) is 6.92 Å². The molecule has 1 aromatic carbocycles. The number of oxazole rings is 1. The first kappa shape index (κ1) is 16.8. The average molecular weight is 362 g/mol. The van der Waals surface area contributed by atoms with Crippen LogP contribution in [0.25, 0.3) is 11.1 Å². The molecule has 0 spiro atoms. The second-order valence-electron chi connectivity index (χ2n) is 5.36. The molecule has 2 heterocycles. The lowest BCUT2D eigenvalue weighted by molar-refractivity contribution is -0.384. The normalized spacial score (nSPS) is 10.9. The zero-order valence-electron chi connectivity index (χ0n) is 13.2. The molecule has 10 heteroatoms. The van der Waals surface area contributed by atoms with Crippen LogP contribution in [0, 0.1) is 17.0 Å². The Morgan fingerprint density at radius 3 is 2.96 bits per heavy atom. The smallest absolute Gasteiger partial charge is 0.407 e. The number of nitrogens with one attached hydrogen (secondary N) is 1. The predicted octanol–water partition coefficient (Wildman–Crippen LogP) is 2.69. The number of aromatic nitrogens is 2. The number of non-ortho nitro benzene ring substituents is 1. The fraction of sp³-hybridized carbons (Fsp3) is 0.267. The van der Waals surface area contributed by atoms with Crippen LogP contribution in [0.3, 0.4) is 0 Å². The average Bonchev–Trinajstić information content (AvgIpc) is 3.09. The highest BCUT2D eigenvalue weighted by Crippen LogP contribution is 2.20. The fourth-order valence-electron chi connectivity index (χ4n) is 2.37. The van der Waals surface area contributed by atoms with Crippen molar-refractivity contribution < 1.29 is 14.1 Å². The van der Waals surface area contributed by atoms with Crippen molar-refractivity contribution in [1.29, 1.82) is 0 Å². The molecule has 0 aliphatic carbocycles. The summed E-state index contributed by atoms with van der Waals surface area (Å²) in [7, 11) is 0. The van der Waals surface area contributed by atoms with E-state index < -0.39 is 10.7 Å². The molecule has 0 fully saturated rings. The number of benzene rings is 1. The van der Waals surface area contributed by atoms with Gasteiger partial charge in [0.25, 0.3) is 5.69 Å². The summed E-state index contributed by atoms with van der Waals surface area (Å²) >= 11 is 1.39. The van der Waals surface area contributed by atoms with Crippen molar-refractivity contribution in [2.75, 3.05) is 5.32 Å². The molecule has 0 aliphatic rings. The molecule has 0 saturated heterocycles. The minimum absolute atomic E-state index is 0.147. The minimum atomic E-state index is -0.605. The van der Waals surface area contributed by atoms with E-state index in [-0.39, 0.29) is 30.1 Å². The van der Waals surface area contributed by atoms with Gasteiger partial charge in [-0.3, -0.25) is 19.5 Å². The summed E-state index contributed by atoms with van der Waals surface area (Å²) in [5.41, 5.74) is 0.472. The molecular formula is C15H14N4O5S. The van der Waals surface area contributed by atoms with Gasteiger partial charge in [0.15, 0.2) is 10.7 Å². The number of hydrogen-bond donors (Lipinski definition) is 1. The molecule has 1 amide bonds. The SMILES string of the molecule is Cc1cnc(NC(=O)CCCn2c(=O)oc3cc([N+](=O)[O-])ccc32)s1. The summed E-state index contributed by atoms with van der Waals surface area (Å²) in [6.45, 7) is 2.17. The van der Waals surface area contributed by atoms with Crippen LogP contribution in [-0.4, -0.2) is 20.4 Å². The Morgan fingerprint density at radius 1 is 1.48 bits per heavy atom. The van der Waals surface area contributed by atoms with Crippen molar-refractivity contribution in [3.05, 3.63) is 49.9 Å². The molecule has 130 valence electrons. The molecule has 0 bridgehead atoms. The summed E-state index contributed by atoms with van der Waals surface area (Å²) < 4.78 is 6.40. The van der Waals surface area contributed by atoms with Crippen LogP contribution in [0.2, 0.25) is 0 Å². The summed E-state index contributed by atoms with van der Waals surface area (Å²) in [5, 5.41) is 14.0. The Balaban J connectivity index is 1.65. The van der Waals surface area contributed by atoms with Crippen LogP contribution in [0.5, 0.6) is 0 Å². The maximum atomic E-state index is 11.9. The van der Waals surface area contributed by atoms with Crippen molar-refractivity contribution in [2.45, 2.75) is 26.3 Å². The van der Waals surface area contributed by atoms with Gasteiger partial charge in [0.05, 0.1) is 16.5 Å². The number of fused-ring (bicyclic) bond motifs is 1. The Kier molecular flexibility index (Phi) is 4.61. The lowest BCUT2D eigenvalue weighted by Gasteiger charge is -2.03. The summed E-state index contributed by atoms with van der Waals surface area (Å²) in [4.78, 5) is 39.1. The van der Waals surface area contributed by atoms with Crippen molar-refractivity contribution in [3.8, 4) is 0 Å². The number of carbonyl (C=O) groups excluding carboxylic acids is 1. The van der Waals surface area contributed by atoms with Gasteiger partial charge >= 0.3 is 5.76 Å². The number of aryl methyl sites for hydroxylation is 2. The fourth-order valence-corrected chi connectivity index (χ4v) is 3.05. The van der Waals surface area contributed by atoms with Crippen LogP contribution in [0.1, 0.15) is 17.7 Å². The van der Waals surface area contributed by atoms with Crippen LogP contribution in [0.4, 0.5) is 10.8 Å². The summed E-state index contributed by atoms with van der Waals surface area (Å²) in [6, 6.07) is 3.99. The van der Waals surface area contributed by atoms with E-state index in [1.165, 1.54) is 34.1 Å². The number of nitro benzene ring substituents is 1. The van der Waals surface area contributed by atoms with Crippen molar-refractivity contribution in [2.24, 2.45) is 0 Å². The Bertz CT molecular complexity index is 1000. The quantitative estimate of drug-likeness (QED) is 0.532. The third-order valence-electron chi connectivity index (χ3n) is 3.52. The van der Waals surface area contributed by atoms with E-state index in [0.717, 1.165) is 4.88 Å². The highest BCUT2D eigenvalue weighted by Gasteiger charge is 2.14. The monoisotopic (exact) mass is 362 g/mol. The zero-order chi connectivity index (χ0) is 18.0. The van der Waals surface area contributed by atoms with Crippen molar-refractivity contribution in [1.82, 2.24) is 9.55 Å². The Morgan fingerprint density at radius 2 is 2.28 bits per heavy atom. The number of thiazole rings is 1. The second kappa shape index (κ2) is 6.85. The molecule has 0 atom stereocenters. The third kappa shape index (κ3) is 3.74. The predicted molar refractivity (Wildman–Crippen MR) is 91.8 cm³/mol. The molecule has 3 aromatic rings. The maximum Gasteiger partial charge on any atom is 0.419 e. The van der Waals surface area contributed by atoms with E-state index in [0.29, 0.717) is 17.1 Å². The number of carbonyl (C=O) groups is 1. The molecule has 9 nitrogen and oxygen atoms in total. The Labute approximate surface area is 145 Å². The number of nitrogens with zero attached hydrogens (tertiary/aromatic N) is 3. The number of anilines is 1. The van der Waals surface area contributed by atoms with E-state index in [1.54, 1.807) is 6.20 Å². The lowest BCUT2D eigenvalue weighted by atomic mass is 10.2.